The van der Waals surface area contributed by atoms with Gasteiger partial charge >= 0.3 is 0 Å². The summed E-state index contributed by atoms with van der Waals surface area (Å²) in [5.74, 6) is 0.584. The lowest BCUT2D eigenvalue weighted by Gasteiger charge is -2.11. The molecule has 0 spiro atoms. The van der Waals surface area contributed by atoms with Gasteiger partial charge in [-0.1, -0.05) is 30.3 Å². The summed E-state index contributed by atoms with van der Waals surface area (Å²) in [6.45, 7) is 2.01. The van der Waals surface area contributed by atoms with E-state index in [1.54, 1.807) is 4.40 Å². The van der Waals surface area contributed by atoms with Crippen molar-refractivity contribution in [2.75, 3.05) is 0 Å². The van der Waals surface area contributed by atoms with Gasteiger partial charge in [0.15, 0.2) is 0 Å². The van der Waals surface area contributed by atoms with Gasteiger partial charge in [-0.05, 0) is 48.9 Å². The van der Waals surface area contributed by atoms with Crippen LogP contribution < -0.4 is 5.56 Å². The van der Waals surface area contributed by atoms with Crippen molar-refractivity contribution >= 4 is 44.3 Å². The third kappa shape index (κ3) is 1.80. The maximum absolute atomic E-state index is 13.4. The summed E-state index contributed by atoms with van der Waals surface area (Å²) in [6.07, 6.45) is 0. The van der Waals surface area contributed by atoms with Crippen molar-refractivity contribution < 1.29 is 0 Å². The first-order valence-corrected chi connectivity index (χ1v) is 8.83. The van der Waals surface area contributed by atoms with Crippen molar-refractivity contribution in [1.82, 2.24) is 18.8 Å². The van der Waals surface area contributed by atoms with Crippen molar-refractivity contribution in [2.45, 2.75) is 6.92 Å². The lowest BCUT2D eigenvalue weighted by atomic mass is 10.1. The highest BCUT2D eigenvalue weighted by Crippen LogP contribution is 2.26. The standard InChI is InChI=1S/C22H14N4O/c1-13-10-11-14-17(12-13)24-22-25-19-9-5-3-7-16(19)23-20(25)15-6-2-4-8-18(15)26(22)21(14)27/h2-12H,1H3. The molecular weight excluding hydrogens is 336 g/mol. The molecule has 0 atom stereocenters. The van der Waals surface area contributed by atoms with E-state index in [1.807, 2.05) is 78.1 Å². The Bertz CT molecular complexity index is 1610. The number of imidazole rings is 1. The zero-order valence-corrected chi connectivity index (χ0v) is 14.5. The lowest BCUT2D eigenvalue weighted by Crippen LogP contribution is -2.18. The van der Waals surface area contributed by atoms with Crippen molar-refractivity contribution in [3.63, 3.8) is 0 Å². The third-order valence-corrected chi connectivity index (χ3v) is 5.15. The van der Waals surface area contributed by atoms with E-state index in [0.717, 1.165) is 33.1 Å². The van der Waals surface area contributed by atoms with E-state index in [-0.39, 0.29) is 5.56 Å². The van der Waals surface area contributed by atoms with Gasteiger partial charge in [0, 0.05) is 5.39 Å². The zero-order chi connectivity index (χ0) is 18.1. The molecule has 6 aromatic rings. The Morgan fingerprint density at radius 3 is 2.41 bits per heavy atom. The molecule has 0 aliphatic carbocycles. The maximum atomic E-state index is 13.4. The predicted octanol–water partition coefficient (Wildman–Crippen LogP) is 4.11. The average molecular weight is 350 g/mol. The number of nitrogens with zero attached hydrogens (tertiary/aromatic N) is 4. The SMILES string of the molecule is Cc1ccc2c(=O)n3c4ccccc4c4nc5ccccc5n4c3nc2c1. The first kappa shape index (κ1) is 14.4. The van der Waals surface area contributed by atoms with Crippen molar-refractivity contribution in [3.8, 4) is 0 Å². The first-order chi connectivity index (χ1) is 13.2. The molecule has 3 heterocycles. The van der Waals surface area contributed by atoms with Crippen LogP contribution in [0.1, 0.15) is 5.56 Å². The number of benzene rings is 3. The summed E-state index contributed by atoms with van der Waals surface area (Å²) < 4.78 is 3.69. The van der Waals surface area contributed by atoms with Gasteiger partial charge in [0.05, 0.1) is 27.5 Å². The minimum atomic E-state index is -0.0640. The van der Waals surface area contributed by atoms with E-state index in [2.05, 4.69) is 0 Å². The maximum Gasteiger partial charge on any atom is 0.267 e. The van der Waals surface area contributed by atoms with E-state index in [0.29, 0.717) is 16.7 Å². The highest BCUT2D eigenvalue weighted by molar-refractivity contribution is 5.99. The molecule has 0 saturated carbocycles. The highest BCUT2D eigenvalue weighted by Gasteiger charge is 2.16. The van der Waals surface area contributed by atoms with Gasteiger partial charge in [0.25, 0.3) is 5.56 Å². The molecule has 5 heteroatoms. The minimum Gasteiger partial charge on any atom is -0.268 e. The number of rotatable bonds is 0. The molecule has 27 heavy (non-hydrogen) atoms. The van der Waals surface area contributed by atoms with Crippen LogP contribution >= 0.6 is 0 Å². The van der Waals surface area contributed by atoms with Crippen molar-refractivity contribution in [2.24, 2.45) is 0 Å². The summed E-state index contributed by atoms with van der Waals surface area (Å²) in [4.78, 5) is 23.1. The monoisotopic (exact) mass is 350 g/mol. The molecule has 5 nitrogen and oxygen atoms in total. The Labute approximate surface area is 153 Å². The summed E-state index contributed by atoms with van der Waals surface area (Å²) in [5.41, 5.74) is 5.16. The summed E-state index contributed by atoms with van der Waals surface area (Å²) in [6, 6.07) is 21.6. The molecule has 0 bridgehead atoms. The van der Waals surface area contributed by atoms with Crippen molar-refractivity contribution in [1.29, 1.82) is 0 Å². The van der Waals surface area contributed by atoms with Crippen LogP contribution in [0.5, 0.6) is 0 Å². The smallest absolute Gasteiger partial charge is 0.267 e. The quantitative estimate of drug-likeness (QED) is 0.306. The number of para-hydroxylation sites is 3. The molecule has 0 N–H and O–H groups in total. The predicted molar refractivity (Wildman–Crippen MR) is 107 cm³/mol. The summed E-state index contributed by atoms with van der Waals surface area (Å²) >= 11 is 0. The molecule has 0 unspecified atom stereocenters. The molecular formula is C22H14N4O. The summed E-state index contributed by atoms with van der Waals surface area (Å²) in [7, 11) is 0. The van der Waals surface area contributed by atoms with Crippen LogP contribution in [0.3, 0.4) is 0 Å². The van der Waals surface area contributed by atoms with Crippen molar-refractivity contribution in [3.05, 3.63) is 82.6 Å². The fourth-order valence-corrected chi connectivity index (χ4v) is 3.92. The average Bonchev–Trinajstić information content (AvgIpc) is 3.08. The van der Waals surface area contributed by atoms with Gasteiger partial charge in [-0.3, -0.25) is 9.20 Å². The van der Waals surface area contributed by atoms with Gasteiger partial charge in [0.2, 0.25) is 5.78 Å². The van der Waals surface area contributed by atoms with Crippen LogP contribution in [-0.2, 0) is 0 Å². The van der Waals surface area contributed by atoms with E-state index < -0.39 is 0 Å². The molecule has 0 aliphatic rings. The molecule has 0 saturated heterocycles. The fourth-order valence-electron chi connectivity index (χ4n) is 3.92. The second kappa shape index (κ2) is 4.92. The number of hydrogen-bond donors (Lipinski definition) is 0. The van der Waals surface area contributed by atoms with Gasteiger partial charge < -0.3 is 0 Å². The number of fused-ring (bicyclic) bond motifs is 9. The van der Waals surface area contributed by atoms with E-state index >= 15 is 0 Å². The van der Waals surface area contributed by atoms with E-state index in [9.17, 15) is 4.79 Å². The van der Waals surface area contributed by atoms with Crippen LogP contribution in [0, 0.1) is 6.92 Å². The van der Waals surface area contributed by atoms with Crippen LogP contribution in [0.4, 0.5) is 0 Å². The Balaban J connectivity index is 2.05. The van der Waals surface area contributed by atoms with Crippen LogP contribution in [0.15, 0.2) is 71.5 Å². The zero-order valence-electron chi connectivity index (χ0n) is 14.5. The number of aromatic nitrogens is 4. The van der Waals surface area contributed by atoms with Crippen LogP contribution in [-0.4, -0.2) is 18.8 Å². The second-order valence-electron chi connectivity index (χ2n) is 6.85. The lowest BCUT2D eigenvalue weighted by molar-refractivity contribution is 1.05. The van der Waals surface area contributed by atoms with Gasteiger partial charge in [-0.25, -0.2) is 14.4 Å². The molecule has 3 aromatic carbocycles. The minimum absolute atomic E-state index is 0.0640. The molecule has 0 fully saturated rings. The molecule has 0 amide bonds. The third-order valence-electron chi connectivity index (χ3n) is 5.15. The Hall–Kier alpha value is -3.73. The molecule has 3 aromatic heterocycles. The fraction of sp³-hybridized carbons (Fsp3) is 0.0455. The summed E-state index contributed by atoms with van der Waals surface area (Å²) in [5, 5.41) is 1.54. The van der Waals surface area contributed by atoms with Crippen LogP contribution in [0.25, 0.3) is 44.3 Å². The topological polar surface area (TPSA) is 51.7 Å². The van der Waals surface area contributed by atoms with E-state index in [4.69, 9.17) is 9.97 Å². The van der Waals surface area contributed by atoms with E-state index in [1.165, 1.54) is 0 Å². The first-order valence-electron chi connectivity index (χ1n) is 8.83. The highest BCUT2D eigenvalue weighted by atomic mass is 16.1. The molecule has 0 aliphatic heterocycles. The van der Waals surface area contributed by atoms with Crippen LogP contribution in [0.2, 0.25) is 0 Å². The number of hydrogen-bond acceptors (Lipinski definition) is 3. The Morgan fingerprint density at radius 1 is 0.741 bits per heavy atom. The Kier molecular flexibility index (Phi) is 2.63. The Morgan fingerprint density at radius 2 is 1.52 bits per heavy atom. The number of aryl methyl sites for hydroxylation is 1. The molecule has 128 valence electrons. The largest absolute Gasteiger partial charge is 0.268 e. The second-order valence-corrected chi connectivity index (χ2v) is 6.85. The van der Waals surface area contributed by atoms with Gasteiger partial charge in [-0.15, -0.1) is 0 Å². The molecule has 0 radical (unpaired) electrons. The van der Waals surface area contributed by atoms with Gasteiger partial charge in [-0.2, -0.15) is 0 Å². The van der Waals surface area contributed by atoms with Gasteiger partial charge in [0.1, 0.15) is 5.65 Å². The normalized spacial score (nSPS) is 12.0. The molecule has 6 rings (SSSR count).